The molecule has 114 valence electrons. The van der Waals surface area contributed by atoms with E-state index < -0.39 is 5.72 Å². The van der Waals surface area contributed by atoms with Crippen molar-refractivity contribution < 1.29 is 14.3 Å². The number of benzene rings is 2. The average Bonchev–Trinajstić information content (AvgIpc) is 3.19. The van der Waals surface area contributed by atoms with Crippen molar-refractivity contribution in [3.05, 3.63) is 95.4 Å². The zero-order valence-electron chi connectivity index (χ0n) is 12.3. The first-order chi connectivity index (χ1) is 11.2. The molecule has 2 aromatic carbocycles. The Bertz CT molecular complexity index is 842. The van der Waals surface area contributed by atoms with Crippen LogP contribution in [0.1, 0.15) is 27.2 Å². The Morgan fingerprint density at radius 2 is 1.70 bits per heavy atom. The summed E-state index contributed by atoms with van der Waals surface area (Å²) in [6.07, 6.45) is 1.56. The van der Waals surface area contributed by atoms with Gasteiger partial charge in [0, 0.05) is 16.7 Å². The highest BCUT2D eigenvalue weighted by atomic mass is 16.3. The Labute approximate surface area is 133 Å². The zero-order chi connectivity index (χ0) is 15.9. The van der Waals surface area contributed by atoms with Gasteiger partial charge in [0.1, 0.15) is 5.76 Å². The number of aliphatic hydroxyl groups is 1. The molecule has 1 atom stereocenters. The highest BCUT2D eigenvalue weighted by molar-refractivity contribution is 6.00. The Morgan fingerprint density at radius 3 is 2.43 bits per heavy atom. The van der Waals surface area contributed by atoms with Crippen LogP contribution in [0.15, 0.2) is 77.4 Å². The fourth-order valence-corrected chi connectivity index (χ4v) is 3.14. The summed E-state index contributed by atoms with van der Waals surface area (Å²) in [6, 6.07) is 20.0. The van der Waals surface area contributed by atoms with Gasteiger partial charge in [-0.25, -0.2) is 0 Å². The maximum Gasteiger partial charge on any atom is 0.257 e. The topological polar surface area (TPSA) is 53.7 Å². The lowest BCUT2D eigenvalue weighted by Gasteiger charge is -2.34. The van der Waals surface area contributed by atoms with Crippen molar-refractivity contribution in [1.29, 1.82) is 0 Å². The van der Waals surface area contributed by atoms with Crippen molar-refractivity contribution in [2.24, 2.45) is 0 Å². The highest BCUT2D eigenvalue weighted by Crippen LogP contribution is 2.42. The Balaban J connectivity index is 1.89. The van der Waals surface area contributed by atoms with Crippen LogP contribution in [-0.2, 0) is 12.3 Å². The van der Waals surface area contributed by atoms with Crippen LogP contribution < -0.4 is 0 Å². The van der Waals surface area contributed by atoms with Crippen LogP contribution >= 0.6 is 0 Å². The number of furan rings is 1. The van der Waals surface area contributed by atoms with E-state index in [1.165, 1.54) is 4.90 Å². The van der Waals surface area contributed by atoms with Crippen molar-refractivity contribution >= 4 is 5.91 Å². The lowest BCUT2D eigenvalue weighted by molar-refractivity contribution is -0.0566. The molecule has 0 aliphatic carbocycles. The first-order valence-corrected chi connectivity index (χ1v) is 7.43. The molecular formula is C19H15NO3. The first-order valence-electron chi connectivity index (χ1n) is 7.43. The normalized spacial score (nSPS) is 19.9. The zero-order valence-corrected chi connectivity index (χ0v) is 12.3. The minimum atomic E-state index is -1.50. The van der Waals surface area contributed by atoms with E-state index in [0.717, 1.165) is 0 Å². The number of fused-ring (bicyclic) bond motifs is 1. The van der Waals surface area contributed by atoms with Crippen molar-refractivity contribution in [2.75, 3.05) is 0 Å². The molecule has 4 nitrogen and oxygen atoms in total. The average molecular weight is 305 g/mol. The van der Waals surface area contributed by atoms with E-state index in [2.05, 4.69) is 0 Å². The van der Waals surface area contributed by atoms with E-state index in [0.29, 0.717) is 22.5 Å². The molecule has 1 aromatic heterocycles. The third-order valence-electron chi connectivity index (χ3n) is 4.24. The second-order valence-corrected chi connectivity index (χ2v) is 5.55. The molecule has 0 saturated carbocycles. The monoisotopic (exact) mass is 305 g/mol. The van der Waals surface area contributed by atoms with Crippen molar-refractivity contribution in [2.45, 2.75) is 12.3 Å². The minimum absolute atomic E-state index is 0.200. The van der Waals surface area contributed by atoms with Gasteiger partial charge in [0.25, 0.3) is 5.91 Å². The van der Waals surface area contributed by atoms with E-state index in [9.17, 15) is 9.90 Å². The van der Waals surface area contributed by atoms with Crippen LogP contribution in [0.4, 0.5) is 0 Å². The summed E-state index contributed by atoms with van der Waals surface area (Å²) >= 11 is 0. The van der Waals surface area contributed by atoms with E-state index in [1.54, 1.807) is 36.6 Å². The van der Waals surface area contributed by atoms with Crippen LogP contribution in [0.2, 0.25) is 0 Å². The molecule has 0 radical (unpaired) electrons. The number of hydrogen-bond acceptors (Lipinski definition) is 3. The van der Waals surface area contributed by atoms with Crippen molar-refractivity contribution in [1.82, 2.24) is 4.90 Å². The molecule has 1 amide bonds. The van der Waals surface area contributed by atoms with E-state index >= 15 is 0 Å². The van der Waals surface area contributed by atoms with Gasteiger partial charge in [0.15, 0.2) is 5.72 Å². The van der Waals surface area contributed by atoms with Crippen LogP contribution in [0, 0.1) is 0 Å². The van der Waals surface area contributed by atoms with Crippen molar-refractivity contribution in [3.8, 4) is 0 Å². The van der Waals surface area contributed by atoms with Crippen molar-refractivity contribution in [3.63, 3.8) is 0 Å². The molecule has 4 heteroatoms. The molecule has 3 aromatic rings. The predicted octanol–water partition coefficient (Wildman–Crippen LogP) is 3.13. The van der Waals surface area contributed by atoms with Gasteiger partial charge in [-0.15, -0.1) is 0 Å². The minimum Gasteiger partial charge on any atom is -0.467 e. The standard InChI is InChI=1S/C19H15NO3/c21-18-16-10-4-5-11-17(16)19(22,14-7-2-1-3-8-14)20(18)13-15-9-6-12-23-15/h1-12,22H,13H2/t19-/m1/s1. The molecule has 0 bridgehead atoms. The summed E-state index contributed by atoms with van der Waals surface area (Å²) in [7, 11) is 0. The first kappa shape index (κ1) is 13.8. The van der Waals surface area contributed by atoms with E-state index in [1.807, 2.05) is 36.4 Å². The molecule has 0 saturated heterocycles. The fraction of sp³-hybridized carbons (Fsp3) is 0.105. The molecule has 1 aliphatic rings. The Hall–Kier alpha value is -2.85. The Morgan fingerprint density at radius 1 is 0.957 bits per heavy atom. The second-order valence-electron chi connectivity index (χ2n) is 5.55. The molecule has 1 aliphatic heterocycles. The molecule has 4 rings (SSSR count). The summed E-state index contributed by atoms with van der Waals surface area (Å²) in [5.41, 5.74) is 0.278. The number of carbonyl (C=O) groups is 1. The smallest absolute Gasteiger partial charge is 0.257 e. The van der Waals surface area contributed by atoms with Crippen LogP contribution in [-0.4, -0.2) is 15.9 Å². The molecule has 0 spiro atoms. The number of hydrogen-bond donors (Lipinski definition) is 1. The molecule has 1 N–H and O–H groups in total. The number of rotatable bonds is 3. The molecule has 23 heavy (non-hydrogen) atoms. The predicted molar refractivity (Wildman–Crippen MR) is 84.5 cm³/mol. The maximum absolute atomic E-state index is 12.8. The summed E-state index contributed by atoms with van der Waals surface area (Å²) in [6.45, 7) is 0.200. The van der Waals surface area contributed by atoms with E-state index in [4.69, 9.17) is 4.42 Å². The van der Waals surface area contributed by atoms with Gasteiger partial charge in [-0.1, -0.05) is 48.5 Å². The molecule has 0 fully saturated rings. The quantitative estimate of drug-likeness (QED) is 0.809. The van der Waals surface area contributed by atoms with Gasteiger partial charge in [-0.3, -0.25) is 9.69 Å². The summed E-state index contributed by atoms with van der Waals surface area (Å²) in [5, 5.41) is 11.5. The van der Waals surface area contributed by atoms with Gasteiger partial charge < -0.3 is 9.52 Å². The maximum atomic E-state index is 12.8. The second kappa shape index (κ2) is 5.11. The summed E-state index contributed by atoms with van der Waals surface area (Å²) < 4.78 is 5.37. The molecule has 0 unspecified atom stereocenters. The van der Waals surface area contributed by atoms with Gasteiger partial charge in [-0.05, 0) is 18.2 Å². The van der Waals surface area contributed by atoms with Crippen LogP contribution in [0.25, 0.3) is 0 Å². The van der Waals surface area contributed by atoms with E-state index in [-0.39, 0.29) is 12.5 Å². The number of carbonyl (C=O) groups excluding carboxylic acids is 1. The summed E-state index contributed by atoms with van der Waals surface area (Å²) in [4.78, 5) is 14.3. The third kappa shape index (κ3) is 1.99. The number of amides is 1. The SMILES string of the molecule is O=C1c2ccccc2[C@](O)(c2ccccc2)N1Cc1ccco1. The lowest BCUT2D eigenvalue weighted by Crippen LogP contribution is -2.44. The van der Waals surface area contributed by atoms with Gasteiger partial charge in [0.2, 0.25) is 0 Å². The largest absolute Gasteiger partial charge is 0.467 e. The Kier molecular flexibility index (Phi) is 3.06. The summed E-state index contributed by atoms with van der Waals surface area (Å²) in [5.74, 6) is 0.420. The van der Waals surface area contributed by atoms with Gasteiger partial charge in [0.05, 0.1) is 12.8 Å². The number of nitrogens with zero attached hydrogens (tertiary/aromatic N) is 1. The molecule has 2 heterocycles. The molecular weight excluding hydrogens is 290 g/mol. The van der Waals surface area contributed by atoms with Gasteiger partial charge >= 0.3 is 0 Å². The third-order valence-corrected chi connectivity index (χ3v) is 4.24. The van der Waals surface area contributed by atoms with Crippen LogP contribution in [0.5, 0.6) is 0 Å². The fourth-order valence-electron chi connectivity index (χ4n) is 3.14. The lowest BCUT2D eigenvalue weighted by atomic mass is 9.94. The van der Waals surface area contributed by atoms with Gasteiger partial charge in [-0.2, -0.15) is 0 Å². The highest BCUT2D eigenvalue weighted by Gasteiger charge is 2.49. The van der Waals surface area contributed by atoms with Crippen LogP contribution in [0.3, 0.4) is 0 Å².